The molecule has 1 aromatic rings. The highest BCUT2D eigenvalue weighted by molar-refractivity contribution is 6.31. The summed E-state index contributed by atoms with van der Waals surface area (Å²) in [6, 6.07) is 5.44. The van der Waals surface area contributed by atoms with E-state index >= 15 is 0 Å². The first-order chi connectivity index (χ1) is 8.19. The van der Waals surface area contributed by atoms with Crippen LogP contribution in [0.25, 0.3) is 0 Å². The van der Waals surface area contributed by atoms with Gasteiger partial charge in [-0.2, -0.15) is 0 Å². The van der Waals surface area contributed by atoms with E-state index in [1.807, 2.05) is 0 Å². The molecule has 1 aliphatic carbocycles. The number of hydrogen-bond acceptors (Lipinski definition) is 1. The molecule has 1 saturated carbocycles. The van der Waals surface area contributed by atoms with Crippen LogP contribution < -0.4 is 5.32 Å². The lowest BCUT2D eigenvalue weighted by Gasteiger charge is -2.16. The molecule has 0 saturated heterocycles. The highest BCUT2D eigenvalue weighted by Gasteiger charge is 2.21. The van der Waals surface area contributed by atoms with Crippen LogP contribution in [-0.4, -0.2) is 12.6 Å². The van der Waals surface area contributed by atoms with Crippen molar-refractivity contribution in [1.29, 1.82) is 0 Å². The molecule has 17 heavy (non-hydrogen) atoms. The molecule has 0 spiro atoms. The average molecular weight is 256 g/mol. The third kappa shape index (κ3) is 3.97. The van der Waals surface area contributed by atoms with Crippen LogP contribution in [0.5, 0.6) is 0 Å². The van der Waals surface area contributed by atoms with Crippen molar-refractivity contribution >= 4 is 11.6 Å². The number of nitrogens with one attached hydrogen (secondary N) is 1. The molecule has 1 nitrogen and oxygen atoms in total. The van der Waals surface area contributed by atoms with Gasteiger partial charge in [-0.3, -0.25) is 0 Å². The van der Waals surface area contributed by atoms with Crippen molar-refractivity contribution in [2.75, 3.05) is 6.54 Å². The summed E-state index contributed by atoms with van der Waals surface area (Å²) in [6.45, 7) is 3.23. The van der Waals surface area contributed by atoms with E-state index in [9.17, 15) is 4.39 Å². The number of benzene rings is 1. The molecule has 94 valence electrons. The van der Waals surface area contributed by atoms with E-state index in [-0.39, 0.29) is 5.82 Å². The van der Waals surface area contributed by atoms with Gasteiger partial charge in [0.1, 0.15) is 5.82 Å². The fourth-order valence-electron chi connectivity index (χ4n) is 1.98. The molecular formula is C14H19ClFN. The topological polar surface area (TPSA) is 12.0 Å². The fourth-order valence-corrected chi connectivity index (χ4v) is 2.22. The molecular weight excluding hydrogens is 237 g/mol. The zero-order chi connectivity index (χ0) is 12.3. The third-order valence-electron chi connectivity index (χ3n) is 3.37. The highest BCUT2D eigenvalue weighted by Crippen LogP contribution is 2.23. The molecule has 1 fully saturated rings. The molecule has 0 bridgehead atoms. The van der Waals surface area contributed by atoms with Crippen LogP contribution in [0.1, 0.15) is 31.7 Å². The molecule has 0 radical (unpaired) electrons. The Balaban J connectivity index is 1.91. The van der Waals surface area contributed by atoms with Crippen LogP contribution in [-0.2, 0) is 6.42 Å². The van der Waals surface area contributed by atoms with Gasteiger partial charge in [0.2, 0.25) is 0 Å². The normalized spacial score (nSPS) is 17.1. The lowest BCUT2D eigenvalue weighted by molar-refractivity contribution is 0.458. The predicted octanol–water partition coefficient (Wildman–Crippen LogP) is 3.80. The molecule has 0 heterocycles. The van der Waals surface area contributed by atoms with Crippen molar-refractivity contribution in [3.05, 3.63) is 34.6 Å². The quantitative estimate of drug-likeness (QED) is 0.815. The smallest absolute Gasteiger partial charge is 0.124 e. The third-order valence-corrected chi connectivity index (χ3v) is 3.73. The molecule has 1 N–H and O–H groups in total. The van der Waals surface area contributed by atoms with Gasteiger partial charge < -0.3 is 5.32 Å². The second kappa shape index (κ2) is 5.83. The Bertz CT molecular complexity index is 376. The SMILES string of the molecule is CCC(CNC1CC1)Cc1ccc(F)cc1Cl. The summed E-state index contributed by atoms with van der Waals surface area (Å²) in [5.41, 5.74) is 1.05. The van der Waals surface area contributed by atoms with Crippen molar-refractivity contribution in [3.8, 4) is 0 Å². The minimum Gasteiger partial charge on any atom is -0.314 e. The maximum atomic E-state index is 12.9. The monoisotopic (exact) mass is 255 g/mol. The minimum absolute atomic E-state index is 0.261. The summed E-state index contributed by atoms with van der Waals surface area (Å²) in [7, 11) is 0. The average Bonchev–Trinajstić information content (AvgIpc) is 3.11. The Morgan fingerprint density at radius 1 is 1.47 bits per heavy atom. The van der Waals surface area contributed by atoms with Crippen molar-refractivity contribution in [1.82, 2.24) is 5.32 Å². The summed E-state index contributed by atoms with van der Waals surface area (Å²) in [5, 5.41) is 4.09. The molecule has 0 aromatic heterocycles. The van der Waals surface area contributed by atoms with Crippen LogP contribution in [0.3, 0.4) is 0 Å². The molecule has 2 rings (SSSR count). The van der Waals surface area contributed by atoms with E-state index in [0.717, 1.165) is 31.0 Å². The van der Waals surface area contributed by atoms with Crippen LogP contribution in [0.15, 0.2) is 18.2 Å². The van der Waals surface area contributed by atoms with Crippen LogP contribution >= 0.6 is 11.6 Å². The first-order valence-electron chi connectivity index (χ1n) is 6.36. The zero-order valence-electron chi connectivity index (χ0n) is 10.2. The summed E-state index contributed by atoms with van der Waals surface area (Å²) < 4.78 is 12.9. The maximum absolute atomic E-state index is 12.9. The van der Waals surface area contributed by atoms with Crippen molar-refractivity contribution in [2.24, 2.45) is 5.92 Å². The summed E-state index contributed by atoms with van der Waals surface area (Å²) in [6.07, 6.45) is 4.67. The Morgan fingerprint density at radius 3 is 2.82 bits per heavy atom. The van der Waals surface area contributed by atoms with E-state index in [1.54, 1.807) is 6.07 Å². The standard InChI is InChI=1S/C14H19ClFN/c1-2-10(9-17-13-5-6-13)7-11-3-4-12(16)8-14(11)15/h3-4,8,10,13,17H,2,5-7,9H2,1H3. The van der Waals surface area contributed by atoms with Gasteiger partial charge in [0, 0.05) is 11.1 Å². The van der Waals surface area contributed by atoms with Gasteiger partial charge in [0.15, 0.2) is 0 Å². The van der Waals surface area contributed by atoms with Crippen LogP contribution in [0, 0.1) is 11.7 Å². The van der Waals surface area contributed by atoms with Crippen molar-refractivity contribution in [2.45, 2.75) is 38.6 Å². The van der Waals surface area contributed by atoms with Gasteiger partial charge in [-0.05, 0) is 49.4 Å². The number of rotatable bonds is 6. The van der Waals surface area contributed by atoms with Crippen molar-refractivity contribution in [3.63, 3.8) is 0 Å². The van der Waals surface area contributed by atoms with Crippen LogP contribution in [0.4, 0.5) is 4.39 Å². The fraction of sp³-hybridized carbons (Fsp3) is 0.571. The lowest BCUT2D eigenvalue weighted by atomic mass is 9.96. The van der Waals surface area contributed by atoms with E-state index in [2.05, 4.69) is 12.2 Å². The molecule has 1 aliphatic rings. The maximum Gasteiger partial charge on any atom is 0.124 e. The van der Waals surface area contributed by atoms with E-state index in [0.29, 0.717) is 10.9 Å². The van der Waals surface area contributed by atoms with Gasteiger partial charge in [-0.25, -0.2) is 4.39 Å². The lowest BCUT2D eigenvalue weighted by Crippen LogP contribution is -2.25. The molecule has 1 aromatic carbocycles. The number of hydrogen-bond donors (Lipinski definition) is 1. The van der Waals surface area contributed by atoms with E-state index in [4.69, 9.17) is 11.6 Å². The largest absolute Gasteiger partial charge is 0.314 e. The molecule has 0 amide bonds. The van der Waals surface area contributed by atoms with E-state index < -0.39 is 0 Å². The Hall–Kier alpha value is -0.600. The van der Waals surface area contributed by atoms with Gasteiger partial charge in [0.05, 0.1) is 0 Å². The molecule has 0 aliphatic heterocycles. The van der Waals surface area contributed by atoms with Crippen LogP contribution in [0.2, 0.25) is 5.02 Å². The Labute approximate surface area is 107 Å². The number of halogens is 2. The van der Waals surface area contributed by atoms with Gasteiger partial charge >= 0.3 is 0 Å². The minimum atomic E-state index is -0.261. The molecule has 3 heteroatoms. The summed E-state index contributed by atoms with van der Waals surface area (Å²) in [5.74, 6) is 0.321. The van der Waals surface area contributed by atoms with Gasteiger partial charge in [0.25, 0.3) is 0 Å². The Kier molecular flexibility index (Phi) is 4.41. The second-order valence-electron chi connectivity index (χ2n) is 4.90. The van der Waals surface area contributed by atoms with Gasteiger partial charge in [-0.15, -0.1) is 0 Å². The second-order valence-corrected chi connectivity index (χ2v) is 5.30. The molecule has 1 unspecified atom stereocenters. The predicted molar refractivity (Wildman–Crippen MR) is 69.9 cm³/mol. The van der Waals surface area contributed by atoms with E-state index in [1.165, 1.54) is 25.0 Å². The van der Waals surface area contributed by atoms with Gasteiger partial charge in [-0.1, -0.05) is 31.0 Å². The zero-order valence-corrected chi connectivity index (χ0v) is 10.9. The summed E-state index contributed by atoms with van der Waals surface area (Å²) in [4.78, 5) is 0. The first-order valence-corrected chi connectivity index (χ1v) is 6.74. The Morgan fingerprint density at radius 2 is 2.24 bits per heavy atom. The first kappa shape index (κ1) is 12.8. The van der Waals surface area contributed by atoms with Crippen molar-refractivity contribution < 1.29 is 4.39 Å². The summed E-state index contributed by atoms with van der Waals surface area (Å²) >= 11 is 6.05. The molecule has 1 atom stereocenters. The highest BCUT2D eigenvalue weighted by atomic mass is 35.5.